The number of carbonyl (C=O) groups excluding carboxylic acids is 1. The summed E-state index contributed by atoms with van der Waals surface area (Å²) in [5.74, 6) is 1.69. The lowest BCUT2D eigenvalue weighted by molar-refractivity contribution is 0.0963. The van der Waals surface area contributed by atoms with Gasteiger partial charge in [-0.3, -0.25) is 4.79 Å². The molecule has 1 aromatic carbocycles. The molecule has 0 unspecified atom stereocenters. The smallest absolute Gasteiger partial charge is 0.251 e. The number of amides is 1. The highest BCUT2D eigenvalue weighted by molar-refractivity contribution is 5.94. The van der Waals surface area contributed by atoms with Gasteiger partial charge < -0.3 is 20.9 Å². The van der Waals surface area contributed by atoms with Crippen molar-refractivity contribution in [2.45, 2.75) is 13.8 Å². The maximum atomic E-state index is 11.6. The summed E-state index contributed by atoms with van der Waals surface area (Å²) in [5, 5.41) is 10.1. The number of aromatic amines is 1. The molecule has 130 valence electrons. The third-order valence-corrected chi connectivity index (χ3v) is 3.72. The lowest BCUT2D eigenvalue weighted by Crippen LogP contribution is -2.17. The van der Waals surface area contributed by atoms with Gasteiger partial charge in [0.1, 0.15) is 11.5 Å². The van der Waals surface area contributed by atoms with Crippen LogP contribution in [-0.2, 0) is 0 Å². The van der Waals surface area contributed by atoms with Crippen LogP contribution in [0.1, 0.15) is 24.2 Å². The first-order chi connectivity index (χ1) is 12.1. The predicted molar refractivity (Wildman–Crippen MR) is 100 cm³/mol. The van der Waals surface area contributed by atoms with Gasteiger partial charge in [-0.1, -0.05) is 13.8 Å². The molecule has 0 spiro atoms. The van der Waals surface area contributed by atoms with E-state index in [1.165, 1.54) is 0 Å². The van der Waals surface area contributed by atoms with Gasteiger partial charge in [-0.05, 0) is 36.2 Å². The van der Waals surface area contributed by atoms with Crippen molar-refractivity contribution < 1.29 is 4.79 Å². The lowest BCUT2D eigenvalue weighted by atomic mass is 10.2. The summed E-state index contributed by atoms with van der Waals surface area (Å²) in [6.45, 7) is 5.13. The topological polar surface area (TPSA) is 94.7 Å². The third kappa shape index (κ3) is 3.88. The fourth-order valence-corrected chi connectivity index (χ4v) is 2.41. The van der Waals surface area contributed by atoms with Crippen molar-refractivity contribution in [3.63, 3.8) is 0 Å². The van der Waals surface area contributed by atoms with E-state index in [1.807, 2.05) is 24.4 Å². The van der Waals surface area contributed by atoms with Crippen LogP contribution in [0.5, 0.6) is 0 Å². The molecule has 0 saturated carbocycles. The second-order valence-electron chi connectivity index (χ2n) is 6.19. The normalized spacial score (nSPS) is 10.9. The molecule has 0 radical (unpaired) electrons. The number of anilines is 3. The van der Waals surface area contributed by atoms with Gasteiger partial charge in [0, 0.05) is 31.0 Å². The fourth-order valence-electron chi connectivity index (χ4n) is 2.41. The van der Waals surface area contributed by atoms with E-state index >= 15 is 0 Å². The van der Waals surface area contributed by atoms with Gasteiger partial charge in [-0.15, -0.1) is 0 Å². The summed E-state index contributed by atoms with van der Waals surface area (Å²) in [6.07, 6.45) is 1.85. The van der Waals surface area contributed by atoms with Crippen LogP contribution in [0.25, 0.3) is 11.0 Å². The first-order valence-corrected chi connectivity index (χ1v) is 8.25. The van der Waals surface area contributed by atoms with Gasteiger partial charge in [0.2, 0.25) is 5.95 Å². The van der Waals surface area contributed by atoms with Crippen LogP contribution in [-0.4, -0.2) is 34.5 Å². The average Bonchev–Trinajstić information content (AvgIpc) is 3.08. The summed E-state index contributed by atoms with van der Waals surface area (Å²) in [7, 11) is 1.61. The predicted octanol–water partition coefficient (Wildman–Crippen LogP) is 3.13. The molecule has 4 N–H and O–H groups in total. The van der Waals surface area contributed by atoms with E-state index in [2.05, 4.69) is 44.7 Å². The van der Waals surface area contributed by atoms with E-state index in [9.17, 15) is 4.79 Å². The number of benzene rings is 1. The molecular weight excluding hydrogens is 316 g/mol. The van der Waals surface area contributed by atoms with Crippen LogP contribution >= 0.6 is 0 Å². The van der Waals surface area contributed by atoms with E-state index in [1.54, 1.807) is 19.2 Å². The van der Waals surface area contributed by atoms with Crippen LogP contribution < -0.4 is 16.0 Å². The van der Waals surface area contributed by atoms with Crippen molar-refractivity contribution in [3.8, 4) is 0 Å². The van der Waals surface area contributed by atoms with Gasteiger partial charge in [0.15, 0.2) is 0 Å². The molecule has 3 rings (SSSR count). The molecule has 2 aromatic heterocycles. The Morgan fingerprint density at radius 3 is 2.60 bits per heavy atom. The van der Waals surface area contributed by atoms with Gasteiger partial charge in [0.25, 0.3) is 5.91 Å². The average molecular weight is 338 g/mol. The number of aromatic nitrogens is 3. The fraction of sp³-hybridized carbons (Fsp3) is 0.278. The van der Waals surface area contributed by atoms with Gasteiger partial charge in [-0.25, -0.2) is 0 Å². The standard InChI is InChI=1S/C18H22N6O/c1-11(2)10-21-16-14-8-9-20-15(14)23-18(24-16)22-13-6-4-12(5-7-13)17(25)19-3/h4-9,11H,10H2,1-3H3,(H,19,25)(H3,20,21,22,23,24). The summed E-state index contributed by atoms with van der Waals surface area (Å²) in [5.41, 5.74) is 2.19. The van der Waals surface area contributed by atoms with Crippen molar-refractivity contribution in [1.82, 2.24) is 20.3 Å². The number of hydrogen-bond acceptors (Lipinski definition) is 5. The molecular formula is C18H22N6O. The Kier molecular flexibility index (Phi) is 4.83. The van der Waals surface area contributed by atoms with E-state index in [-0.39, 0.29) is 5.91 Å². The summed E-state index contributed by atoms with van der Waals surface area (Å²) < 4.78 is 0. The quantitative estimate of drug-likeness (QED) is 0.554. The molecule has 0 aliphatic heterocycles. The minimum atomic E-state index is -0.115. The first-order valence-electron chi connectivity index (χ1n) is 8.25. The maximum absolute atomic E-state index is 11.6. The molecule has 3 aromatic rings. The largest absolute Gasteiger partial charge is 0.369 e. The Hall–Kier alpha value is -3.09. The van der Waals surface area contributed by atoms with E-state index < -0.39 is 0 Å². The van der Waals surface area contributed by atoms with Crippen LogP contribution in [0.15, 0.2) is 36.5 Å². The zero-order valence-electron chi connectivity index (χ0n) is 14.6. The molecule has 2 heterocycles. The second-order valence-corrected chi connectivity index (χ2v) is 6.19. The van der Waals surface area contributed by atoms with Gasteiger partial charge in [0.05, 0.1) is 5.39 Å². The number of fused-ring (bicyclic) bond motifs is 1. The Labute approximate surface area is 146 Å². The van der Waals surface area contributed by atoms with Crippen molar-refractivity contribution >= 4 is 34.4 Å². The third-order valence-electron chi connectivity index (χ3n) is 3.72. The van der Waals surface area contributed by atoms with Crippen LogP contribution in [0, 0.1) is 5.92 Å². The number of hydrogen-bond donors (Lipinski definition) is 4. The summed E-state index contributed by atoms with van der Waals surface area (Å²) in [4.78, 5) is 23.8. The number of nitrogens with one attached hydrogen (secondary N) is 4. The number of carbonyl (C=O) groups is 1. The maximum Gasteiger partial charge on any atom is 0.251 e. The van der Waals surface area contributed by atoms with E-state index in [0.29, 0.717) is 17.4 Å². The van der Waals surface area contributed by atoms with Crippen molar-refractivity contribution in [2.24, 2.45) is 5.92 Å². The van der Waals surface area contributed by atoms with Crippen molar-refractivity contribution in [2.75, 3.05) is 24.2 Å². The zero-order valence-corrected chi connectivity index (χ0v) is 14.6. The molecule has 0 aliphatic rings. The van der Waals surface area contributed by atoms with Crippen LogP contribution in [0.4, 0.5) is 17.5 Å². The minimum Gasteiger partial charge on any atom is -0.369 e. The van der Waals surface area contributed by atoms with Crippen LogP contribution in [0.2, 0.25) is 0 Å². The highest BCUT2D eigenvalue weighted by Gasteiger charge is 2.10. The van der Waals surface area contributed by atoms with Crippen LogP contribution in [0.3, 0.4) is 0 Å². The number of H-pyrrole nitrogens is 1. The van der Waals surface area contributed by atoms with Crippen molar-refractivity contribution in [3.05, 3.63) is 42.1 Å². The number of nitrogens with zero attached hydrogens (tertiary/aromatic N) is 2. The highest BCUT2D eigenvalue weighted by Crippen LogP contribution is 2.23. The Morgan fingerprint density at radius 1 is 1.16 bits per heavy atom. The summed E-state index contributed by atoms with van der Waals surface area (Å²) in [6, 6.07) is 9.13. The summed E-state index contributed by atoms with van der Waals surface area (Å²) >= 11 is 0. The molecule has 0 bridgehead atoms. The SMILES string of the molecule is CNC(=O)c1ccc(Nc2nc(NCC(C)C)c3cc[nH]c3n2)cc1. The molecule has 1 amide bonds. The van der Waals surface area contributed by atoms with E-state index in [4.69, 9.17) is 0 Å². The molecule has 0 saturated heterocycles. The Morgan fingerprint density at radius 2 is 1.92 bits per heavy atom. The molecule has 25 heavy (non-hydrogen) atoms. The van der Waals surface area contributed by atoms with Gasteiger partial charge >= 0.3 is 0 Å². The second kappa shape index (κ2) is 7.21. The molecule has 0 atom stereocenters. The Balaban J connectivity index is 1.84. The number of rotatable bonds is 6. The zero-order chi connectivity index (χ0) is 17.8. The van der Waals surface area contributed by atoms with Gasteiger partial charge in [-0.2, -0.15) is 9.97 Å². The molecule has 0 aliphatic carbocycles. The van der Waals surface area contributed by atoms with Crippen molar-refractivity contribution in [1.29, 1.82) is 0 Å². The monoisotopic (exact) mass is 338 g/mol. The lowest BCUT2D eigenvalue weighted by Gasteiger charge is -2.11. The molecule has 7 heteroatoms. The van der Waals surface area contributed by atoms with E-state index in [0.717, 1.165) is 29.1 Å². The molecule has 0 fully saturated rings. The molecule has 7 nitrogen and oxygen atoms in total. The highest BCUT2D eigenvalue weighted by atomic mass is 16.1. The minimum absolute atomic E-state index is 0.115. The Bertz CT molecular complexity index is 869. The first kappa shape index (κ1) is 16.8.